The molecule has 1 heterocycles. The Morgan fingerprint density at radius 1 is 1.28 bits per heavy atom. The summed E-state index contributed by atoms with van der Waals surface area (Å²) < 4.78 is 0. The maximum absolute atomic E-state index is 9.27. The molecule has 1 unspecified atom stereocenters. The Morgan fingerprint density at radius 3 is 2.83 bits per heavy atom. The SMILES string of the molecule is CC(C)C(CO)NCc1ccc2ncccc2c1. The molecule has 1 atom stereocenters. The second-order valence-electron chi connectivity index (χ2n) is 4.94. The van der Waals surface area contributed by atoms with Gasteiger partial charge in [0.2, 0.25) is 0 Å². The number of hydrogen-bond donors (Lipinski definition) is 2. The van der Waals surface area contributed by atoms with Crippen molar-refractivity contribution in [3.05, 3.63) is 42.1 Å². The van der Waals surface area contributed by atoms with Crippen molar-refractivity contribution >= 4 is 10.9 Å². The molecule has 0 saturated heterocycles. The quantitative estimate of drug-likeness (QED) is 0.848. The van der Waals surface area contributed by atoms with Crippen LogP contribution in [0, 0.1) is 5.92 Å². The smallest absolute Gasteiger partial charge is 0.0702 e. The number of nitrogens with one attached hydrogen (secondary N) is 1. The fourth-order valence-corrected chi connectivity index (χ4v) is 2.00. The Balaban J connectivity index is 2.07. The van der Waals surface area contributed by atoms with Gasteiger partial charge in [-0.3, -0.25) is 4.98 Å². The Labute approximate surface area is 108 Å². The fraction of sp³-hybridized carbons (Fsp3) is 0.400. The molecule has 3 heteroatoms. The van der Waals surface area contributed by atoms with Crippen LogP contribution in [0.5, 0.6) is 0 Å². The van der Waals surface area contributed by atoms with Gasteiger partial charge in [0.1, 0.15) is 0 Å². The van der Waals surface area contributed by atoms with Crippen molar-refractivity contribution in [2.75, 3.05) is 6.61 Å². The third kappa shape index (κ3) is 3.06. The molecule has 0 amide bonds. The molecule has 1 aromatic carbocycles. The van der Waals surface area contributed by atoms with Crippen LogP contribution in [0.25, 0.3) is 10.9 Å². The van der Waals surface area contributed by atoms with Gasteiger partial charge in [-0.2, -0.15) is 0 Å². The lowest BCUT2D eigenvalue weighted by Crippen LogP contribution is -2.36. The molecule has 0 spiro atoms. The van der Waals surface area contributed by atoms with E-state index in [1.165, 1.54) is 5.56 Å². The molecule has 2 rings (SSSR count). The van der Waals surface area contributed by atoms with Crippen molar-refractivity contribution in [2.45, 2.75) is 26.4 Å². The zero-order valence-corrected chi connectivity index (χ0v) is 10.9. The van der Waals surface area contributed by atoms with Crippen molar-refractivity contribution in [3.63, 3.8) is 0 Å². The summed E-state index contributed by atoms with van der Waals surface area (Å²) >= 11 is 0. The number of aromatic nitrogens is 1. The van der Waals surface area contributed by atoms with Crippen molar-refractivity contribution in [2.24, 2.45) is 5.92 Å². The highest BCUT2D eigenvalue weighted by atomic mass is 16.3. The van der Waals surface area contributed by atoms with Crippen molar-refractivity contribution in [1.82, 2.24) is 10.3 Å². The van der Waals surface area contributed by atoms with Crippen LogP contribution >= 0.6 is 0 Å². The van der Waals surface area contributed by atoms with Gasteiger partial charge in [0.05, 0.1) is 12.1 Å². The summed E-state index contributed by atoms with van der Waals surface area (Å²) in [7, 11) is 0. The highest BCUT2D eigenvalue weighted by molar-refractivity contribution is 5.78. The number of rotatable bonds is 5. The lowest BCUT2D eigenvalue weighted by molar-refractivity contribution is 0.210. The predicted molar refractivity (Wildman–Crippen MR) is 74.3 cm³/mol. The molecular weight excluding hydrogens is 224 g/mol. The van der Waals surface area contributed by atoms with Crippen LogP contribution in [0.1, 0.15) is 19.4 Å². The third-order valence-corrected chi connectivity index (χ3v) is 3.24. The molecule has 0 fully saturated rings. The summed E-state index contributed by atoms with van der Waals surface area (Å²) in [6, 6.07) is 10.4. The molecule has 18 heavy (non-hydrogen) atoms. The fourth-order valence-electron chi connectivity index (χ4n) is 2.00. The first kappa shape index (κ1) is 13.0. The van der Waals surface area contributed by atoms with E-state index in [0.717, 1.165) is 17.4 Å². The Bertz CT molecular complexity index is 511. The summed E-state index contributed by atoms with van der Waals surface area (Å²) in [5.74, 6) is 0.428. The molecule has 0 saturated carbocycles. The van der Waals surface area contributed by atoms with Gasteiger partial charge in [-0.1, -0.05) is 26.0 Å². The van der Waals surface area contributed by atoms with E-state index in [4.69, 9.17) is 0 Å². The van der Waals surface area contributed by atoms with Gasteiger partial charge in [0.15, 0.2) is 0 Å². The topological polar surface area (TPSA) is 45.1 Å². The first-order valence-electron chi connectivity index (χ1n) is 6.38. The zero-order chi connectivity index (χ0) is 13.0. The van der Waals surface area contributed by atoms with Crippen LogP contribution in [0.2, 0.25) is 0 Å². The minimum Gasteiger partial charge on any atom is -0.395 e. The molecular formula is C15H20N2O. The summed E-state index contributed by atoms with van der Waals surface area (Å²) in [6.07, 6.45) is 1.81. The zero-order valence-electron chi connectivity index (χ0n) is 10.9. The number of nitrogens with zero attached hydrogens (tertiary/aromatic N) is 1. The van der Waals surface area contributed by atoms with E-state index in [1.807, 2.05) is 12.1 Å². The predicted octanol–water partition coefficient (Wildman–Crippen LogP) is 2.34. The lowest BCUT2D eigenvalue weighted by atomic mass is 10.0. The Morgan fingerprint density at radius 2 is 2.11 bits per heavy atom. The third-order valence-electron chi connectivity index (χ3n) is 3.24. The Kier molecular flexibility index (Phi) is 4.28. The normalized spacial score (nSPS) is 13.1. The molecule has 96 valence electrons. The molecule has 0 aliphatic rings. The van der Waals surface area contributed by atoms with Crippen LogP contribution in [-0.4, -0.2) is 22.7 Å². The summed E-state index contributed by atoms with van der Waals surface area (Å²) in [5.41, 5.74) is 2.23. The number of aliphatic hydroxyl groups excluding tert-OH is 1. The van der Waals surface area contributed by atoms with Crippen LogP contribution in [0.4, 0.5) is 0 Å². The van der Waals surface area contributed by atoms with E-state index in [9.17, 15) is 5.11 Å². The second kappa shape index (κ2) is 5.94. The number of aliphatic hydroxyl groups is 1. The van der Waals surface area contributed by atoms with Crippen molar-refractivity contribution < 1.29 is 5.11 Å². The van der Waals surface area contributed by atoms with Crippen molar-refractivity contribution in [3.8, 4) is 0 Å². The van der Waals surface area contributed by atoms with Gasteiger partial charge in [0, 0.05) is 24.2 Å². The first-order chi connectivity index (χ1) is 8.70. The molecule has 3 nitrogen and oxygen atoms in total. The highest BCUT2D eigenvalue weighted by Crippen LogP contribution is 2.13. The molecule has 1 aromatic heterocycles. The van der Waals surface area contributed by atoms with Gasteiger partial charge >= 0.3 is 0 Å². The molecule has 0 aliphatic carbocycles. The molecule has 0 radical (unpaired) electrons. The van der Waals surface area contributed by atoms with Crippen LogP contribution in [0.15, 0.2) is 36.5 Å². The monoisotopic (exact) mass is 244 g/mol. The van der Waals surface area contributed by atoms with Gasteiger partial charge in [-0.25, -0.2) is 0 Å². The number of hydrogen-bond acceptors (Lipinski definition) is 3. The van der Waals surface area contributed by atoms with Gasteiger partial charge < -0.3 is 10.4 Å². The summed E-state index contributed by atoms with van der Waals surface area (Å²) in [4.78, 5) is 4.30. The van der Waals surface area contributed by atoms with E-state index in [1.54, 1.807) is 6.20 Å². The standard InChI is InChI=1S/C15H20N2O/c1-11(2)15(10-18)17-9-12-5-6-14-13(8-12)4-3-7-16-14/h3-8,11,15,17-18H,9-10H2,1-2H3. The molecule has 2 aromatic rings. The summed E-state index contributed by atoms with van der Waals surface area (Å²) in [6.45, 7) is 5.16. The first-order valence-corrected chi connectivity index (χ1v) is 6.38. The Hall–Kier alpha value is -1.45. The van der Waals surface area contributed by atoms with Crippen LogP contribution in [0.3, 0.4) is 0 Å². The minimum atomic E-state index is 0.148. The molecule has 2 N–H and O–H groups in total. The number of benzene rings is 1. The van der Waals surface area contributed by atoms with Gasteiger partial charge in [-0.15, -0.1) is 0 Å². The largest absolute Gasteiger partial charge is 0.395 e. The van der Waals surface area contributed by atoms with Crippen molar-refractivity contribution in [1.29, 1.82) is 0 Å². The number of fused-ring (bicyclic) bond motifs is 1. The van der Waals surface area contributed by atoms with E-state index in [0.29, 0.717) is 5.92 Å². The minimum absolute atomic E-state index is 0.148. The molecule has 0 bridgehead atoms. The summed E-state index contributed by atoms with van der Waals surface area (Å²) in [5, 5.41) is 13.8. The average molecular weight is 244 g/mol. The van der Waals surface area contributed by atoms with Gasteiger partial charge in [-0.05, 0) is 29.7 Å². The van der Waals surface area contributed by atoms with Crippen LogP contribution < -0.4 is 5.32 Å². The van der Waals surface area contributed by atoms with E-state index < -0.39 is 0 Å². The van der Waals surface area contributed by atoms with Gasteiger partial charge in [0.25, 0.3) is 0 Å². The number of pyridine rings is 1. The lowest BCUT2D eigenvalue weighted by Gasteiger charge is -2.20. The van der Waals surface area contributed by atoms with E-state index in [2.05, 4.69) is 42.3 Å². The van der Waals surface area contributed by atoms with Crippen LogP contribution in [-0.2, 0) is 6.54 Å². The average Bonchev–Trinajstić information content (AvgIpc) is 2.39. The second-order valence-corrected chi connectivity index (χ2v) is 4.94. The van der Waals surface area contributed by atoms with E-state index >= 15 is 0 Å². The highest BCUT2D eigenvalue weighted by Gasteiger charge is 2.10. The van der Waals surface area contributed by atoms with E-state index in [-0.39, 0.29) is 12.6 Å². The maximum atomic E-state index is 9.27. The molecule has 0 aliphatic heterocycles. The maximum Gasteiger partial charge on any atom is 0.0702 e.